The topological polar surface area (TPSA) is 39.7 Å². The highest BCUT2D eigenvalue weighted by atomic mass is 16.7. The van der Waals surface area contributed by atoms with Crippen LogP contribution in [0.2, 0.25) is 0 Å². The van der Waals surface area contributed by atoms with Crippen LogP contribution in [0.25, 0.3) is 0 Å². The second-order valence-electron chi connectivity index (χ2n) is 8.97. The van der Waals surface area contributed by atoms with Gasteiger partial charge in [0, 0.05) is 30.4 Å². The third-order valence-corrected chi connectivity index (χ3v) is 6.28. The van der Waals surface area contributed by atoms with Crippen molar-refractivity contribution in [3.8, 4) is 0 Å². The smallest absolute Gasteiger partial charge is 0.170 e. The molecule has 0 amide bonds. The quantitative estimate of drug-likeness (QED) is 0.867. The summed E-state index contributed by atoms with van der Waals surface area (Å²) in [5.74, 6) is 1.12. The Labute approximate surface area is 134 Å². The number of hydrogen-bond donors (Lipinski definition) is 1. The van der Waals surface area contributed by atoms with Crippen molar-refractivity contribution in [1.29, 1.82) is 0 Å². The van der Waals surface area contributed by atoms with Crippen LogP contribution in [0.5, 0.6) is 0 Å². The molecule has 4 rings (SSSR count). The zero-order valence-corrected chi connectivity index (χ0v) is 14.3. The van der Waals surface area contributed by atoms with Crippen LogP contribution in [-0.4, -0.2) is 44.3 Å². The summed E-state index contributed by atoms with van der Waals surface area (Å²) >= 11 is 0. The Morgan fingerprint density at radius 1 is 1.14 bits per heavy atom. The van der Waals surface area contributed by atoms with Crippen LogP contribution in [-0.2, 0) is 14.2 Å². The minimum absolute atomic E-state index is 0.145. The number of rotatable bonds is 4. The summed E-state index contributed by atoms with van der Waals surface area (Å²) in [6.07, 6.45) is 7.43. The van der Waals surface area contributed by atoms with Gasteiger partial charge >= 0.3 is 0 Å². The van der Waals surface area contributed by atoms with Gasteiger partial charge in [-0.1, -0.05) is 13.8 Å². The van der Waals surface area contributed by atoms with E-state index in [9.17, 15) is 0 Å². The highest BCUT2D eigenvalue weighted by molar-refractivity contribution is 5.12. The van der Waals surface area contributed by atoms with Gasteiger partial charge in [0.1, 0.15) is 0 Å². The molecule has 1 spiro atoms. The summed E-state index contributed by atoms with van der Waals surface area (Å²) in [6.45, 7) is 7.02. The lowest BCUT2D eigenvalue weighted by Gasteiger charge is -2.42. The highest BCUT2D eigenvalue weighted by Crippen LogP contribution is 2.55. The van der Waals surface area contributed by atoms with Gasteiger partial charge in [-0.2, -0.15) is 0 Å². The van der Waals surface area contributed by atoms with Crippen LogP contribution in [0.1, 0.15) is 52.4 Å². The molecule has 3 saturated carbocycles. The van der Waals surface area contributed by atoms with Crippen molar-refractivity contribution in [2.24, 2.45) is 17.3 Å². The molecular weight excluding hydrogens is 278 g/mol. The number of ether oxygens (including phenoxy) is 3. The van der Waals surface area contributed by atoms with E-state index in [1.54, 1.807) is 0 Å². The fourth-order valence-electron chi connectivity index (χ4n) is 4.66. The average Bonchev–Trinajstić information content (AvgIpc) is 3.18. The van der Waals surface area contributed by atoms with E-state index < -0.39 is 0 Å². The molecule has 0 aromatic heterocycles. The van der Waals surface area contributed by atoms with E-state index in [2.05, 4.69) is 26.2 Å². The highest BCUT2D eigenvalue weighted by Gasteiger charge is 2.61. The summed E-state index contributed by atoms with van der Waals surface area (Å²) in [7, 11) is 2.10. The normalized spacial score (nSPS) is 42.7. The van der Waals surface area contributed by atoms with E-state index in [0.717, 1.165) is 51.4 Å². The van der Waals surface area contributed by atoms with E-state index in [1.165, 1.54) is 12.8 Å². The summed E-state index contributed by atoms with van der Waals surface area (Å²) in [5.41, 5.74) is 0.293. The number of fused-ring (bicyclic) bond motifs is 1. The summed E-state index contributed by atoms with van der Waals surface area (Å²) < 4.78 is 18.7. The number of nitrogens with one attached hydrogen (secondary N) is 1. The van der Waals surface area contributed by atoms with E-state index >= 15 is 0 Å². The van der Waals surface area contributed by atoms with Gasteiger partial charge in [-0.25, -0.2) is 0 Å². The van der Waals surface area contributed by atoms with Gasteiger partial charge in [0.25, 0.3) is 0 Å². The standard InChI is InChI=1S/C18H31NO3/c1-16(2)11-21-18(22-12-16)7-14-6-15(20-9-13-4-5-13)8-17(14,10-18)19-3/h13-15,19H,4-12H2,1-3H3. The first-order valence-electron chi connectivity index (χ1n) is 9.03. The first kappa shape index (κ1) is 15.4. The van der Waals surface area contributed by atoms with Crippen molar-refractivity contribution >= 4 is 0 Å². The summed E-state index contributed by atoms with van der Waals surface area (Å²) in [6, 6.07) is 0. The molecule has 4 aliphatic rings. The van der Waals surface area contributed by atoms with Gasteiger partial charge in [0.2, 0.25) is 0 Å². The lowest BCUT2D eigenvalue weighted by molar-refractivity contribution is -0.298. The second kappa shape index (κ2) is 5.17. The van der Waals surface area contributed by atoms with Gasteiger partial charge in [-0.3, -0.25) is 0 Å². The maximum Gasteiger partial charge on any atom is 0.170 e. The molecular formula is C18H31NO3. The van der Waals surface area contributed by atoms with Crippen molar-refractivity contribution in [2.75, 3.05) is 26.9 Å². The van der Waals surface area contributed by atoms with Gasteiger partial charge in [0.15, 0.2) is 5.79 Å². The Kier molecular flexibility index (Phi) is 3.61. The Balaban J connectivity index is 1.40. The lowest BCUT2D eigenvalue weighted by Crippen LogP contribution is -2.50. The molecule has 4 fully saturated rings. The fraction of sp³-hybridized carbons (Fsp3) is 1.00. The van der Waals surface area contributed by atoms with Crippen molar-refractivity contribution in [3.05, 3.63) is 0 Å². The molecule has 4 heteroatoms. The minimum Gasteiger partial charge on any atom is -0.378 e. The molecule has 3 atom stereocenters. The van der Waals surface area contributed by atoms with Crippen LogP contribution in [0, 0.1) is 17.3 Å². The zero-order chi connectivity index (χ0) is 15.4. The van der Waals surface area contributed by atoms with E-state index in [1.807, 2.05) is 0 Å². The van der Waals surface area contributed by atoms with E-state index in [4.69, 9.17) is 14.2 Å². The maximum atomic E-state index is 6.25. The molecule has 3 aliphatic carbocycles. The monoisotopic (exact) mass is 309 g/mol. The SMILES string of the molecule is CNC12CC(OCC3CC3)CC1CC1(C2)OCC(C)(C)CO1. The molecule has 126 valence electrons. The largest absolute Gasteiger partial charge is 0.378 e. The molecule has 3 unspecified atom stereocenters. The van der Waals surface area contributed by atoms with E-state index in [0.29, 0.717) is 12.0 Å². The summed E-state index contributed by atoms with van der Waals surface area (Å²) in [4.78, 5) is 0. The van der Waals surface area contributed by atoms with Crippen LogP contribution in [0.4, 0.5) is 0 Å². The van der Waals surface area contributed by atoms with Gasteiger partial charge in [0.05, 0.1) is 19.3 Å². The average molecular weight is 309 g/mol. The number of hydrogen-bond acceptors (Lipinski definition) is 4. The predicted octanol–water partition coefficient (Wildman–Crippen LogP) is 2.71. The van der Waals surface area contributed by atoms with Crippen LogP contribution in [0.3, 0.4) is 0 Å². The van der Waals surface area contributed by atoms with Crippen LogP contribution in [0.15, 0.2) is 0 Å². The molecule has 1 aliphatic heterocycles. The van der Waals surface area contributed by atoms with Crippen molar-refractivity contribution < 1.29 is 14.2 Å². The first-order valence-corrected chi connectivity index (χ1v) is 9.03. The minimum atomic E-state index is -0.343. The van der Waals surface area contributed by atoms with E-state index in [-0.39, 0.29) is 16.7 Å². The lowest BCUT2D eigenvalue weighted by atomic mass is 9.90. The zero-order valence-electron chi connectivity index (χ0n) is 14.3. The molecule has 22 heavy (non-hydrogen) atoms. The van der Waals surface area contributed by atoms with Crippen molar-refractivity contribution in [3.63, 3.8) is 0 Å². The van der Waals surface area contributed by atoms with Gasteiger partial charge in [-0.05, 0) is 44.6 Å². The van der Waals surface area contributed by atoms with Gasteiger partial charge in [-0.15, -0.1) is 0 Å². The van der Waals surface area contributed by atoms with Crippen LogP contribution < -0.4 is 5.32 Å². The Hall–Kier alpha value is -0.160. The first-order chi connectivity index (χ1) is 10.4. The molecule has 0 aromatic carbocycles. The molecule has 1 N–H and O–H groups in total. The maximum absolute atomic E-state index is 6.25. The molecule has 1 heterocycles. The van der Waals surface area contributed by atoms with Gasteiger partial charge < -0.3 is 19.5 Å². The summed E-state index contributed by atoms with van der Waals surface area (Å²) in [5, 5.41) is 3.62. The molecule has 0 bridgehead atoms. The third kappa shape index (κ3) is 2.72. The van der Waals surface area contributed by atoms with Crippen molar-refractivity contribution in [2.45, 2.75) is 69.8 Å². The third-order valence-electron chi connectivity index (χ3n) is 6.28. The Morgan fingerprint density at radius 2 is 1.86 bits per heavy atom. The molecule has 1 saturated heterocycles. The van der Waals surface area contributed by atoms with Crippen LogP contribution >= 0.6 is 0 Å². The fourth-order valence-corrected chi connectivity index (χ4v) is 4.66. The molecule has 0 aromatic rings. The molecule has 4 nitrogen and oxygen atoms in total. The second-order valence-corrected chi connectivity index (χ2v) is 8.97. The Morgan fingerprint density at radius 3 is 2.45 bits per heavy atom. The molecule has 0 radical (unpaired) electrons. The predicted molar refractivity (Wildman–Crippen MR) is 84.6 cm³/mol. The van der Waals surface area contributed by atoms with Crippen molar-refractivity contribution in [1.82, 2.24) is 5.32 Å². The Bertz CT molecular complexity index is 424.